The zero-order valence-electron chi connectivity index (χ0n) is 7.77. The lowest BCUT2D eigenvalue weighted by Gasteiger charge is -1.96. The van der Waals surface area contributed by atoms with Gasteiger partial charge >= 0.3 is 0 Å². The summed E-state index contributed by atoms with van der Waals surface area (Å²) in [4.78, 5) is 10.9. The molecule has 1 aromatic carbocycles. The van der Waals surface area contributed by atoms with E-state index in [9.17, 15) is 4.79 Å². The number of nitrogens with zero attached hydrogens (tertiary/aromatic N) is 2. The molecule has 0 aliphatic heterocycles. The summed E-state index contributed by atoms with van der Waals surface area (Å²) in [5.74, 6) is -0.403. The number of amides is 1. The minimum atomic E-state index is -0.403. The zero-order valence-corrected chi connectivity index (χ0v) is 9.93. The van der Waals surface area contributed by atoms with Crippen LogP contribution in [-0.4, -0.2) is 12.1 Å². The Morgan fingerprint density at radius 2 is 2.33 bits per heavy atom. The van der Waals surface area contributed by atoms with Gasteiger partial charge in [-0.05, 0) is 28.7 Å². The van der Waals surface area contributed by atoms with E-state index in [0.29, 0.717) is 0 Å². The van der Waals surface area contributed by atoms with Gasteiger partial charge in [-0.15, -0.1) is 0 Å². The van der Waals surface area contributed by atoms with E-state index in [1.165, 1.54) is 0 Å². The Kier molecular flexibility index (Phi) is 4.77. The van der Waals surface area contributed by atoms with Crippen molar-refractivity contribution in [3.05, 3.63) is 33.4 Å². The molecule has 0 bridgehead atoms. The first-order valence-corrected chi connectivity index (χ1v) is 5.25. The SMILES string of the molecule is N#CCC(=O)N/N=C\c1ccccc1I. The summed E-state index contributed by atoms with van der Waals surface area (Å²) in [6, 6.07) is 9.39. The fraction of sp³-hybridized carbons (Fsp3) is 0.100. The van der Waals surface area contributed by atoms with Crippen molar-refractivity contribution in [3.63, 3.8) is 0 Å². The second-order valence-corrected chi connectivity index (χ2v) is 3.81. The van der Waals surface area contributed by atoms with Crippen molar-refractivity contribution in [1.82, 2.24) is 5.43 Å². The van der Waals surface area contributed by atoms with E-state index < -0.39 is 5.91 Å². The van der Waals surface area contributed by atoms with Crippen LogP contribution < -0.4 is 5.43 Å². The van der Waals surface area contributed by atoms with Gasteiger partial charge in [-0.1, -0.05) is 18.2 Å². The highest BCUT2D eigenvalue weighted by Gasteiger charge is 1.96. The second-order valence-electron chi connectivity index (χ2n) is 2.65. The number of hydrazone groups is 1. The molecule has 0 fully saturated rings. The van der Waals surface area contributed by atoms with Gasteiger partial charge in [0.15, 0.2) is 0 Å². The fourth-order valence-corrected chi connectivity index (χ4v) is 1.39. The molecule has 1 amide bonds. The number of carbonyl (C=O) groups excluding carboxylic acids is 1. The Bertz CT molecular complexity index is 423. The van der Waals surface area contributed by atoms with E-state index in [2.05, 4.69) is 33.1 Å². The van der Waals surface area contributed by atoms with Crippen LogP contribution in [0.25, 0.3) is 0 Å². The lowest BCUT2D eigenvalue weighted by atomic mass is 10.2. The summed E-state index contributed by atoms with van der Waals surface area (Å²) in [6.45, 7) is 0. The summed E-state index contributed by atoms with van der Waals surface area (Å²) in [5, 5.41) is 12.0. The number of hydrogen-bond acceptors (Lipinski definition) is 3. The number of rotatable bonds is 3. The Balaban J connectivity index is 2.56. The number of benzene rings is 1. The van der Waals surface area contributed by atoms with Crippen molar-refractivity contribution < 1.29 is 4.79 Å². The number of nitrogens with one attached hydrogen (secondary N) is 1. The molecular formula is C10H8IN3O. The quantitative estimate of drug-likeness (QED) is 0.524. The predicted molar refractivity (Wildman–Crippen MR) is 65.1 cm³/mol. The average molecular weight is 313 g/mol. The van der Waals surface area contributed by atoms with Crippen molar-refractivity contribution >= 4 is 34.7 Å². The van der Waals surface area contributed by atoms with Crippen LogP contribution in [0.5, 0.6) is 0 Å². The highest BCUT2D eigenvalue weighted by molar-refractivity contribution is 14.1. The first-order valence-electron chi connectivity index (χ1n) is 4.17. The van der Waals surface area contributed by atoms with Gasteiger partial charge in [0, 0.05) is 9.13 Å². The normalized spacial score (nSPS) is 9.87. The molecule has 0 saturated carbocycles. The maximum atomic E-state index is 10.9. The van der Waals surface area contributed by atoms with E-state index in [1.54, 1.807) is 12.3 Å². The Morgan fingerprint density at radius 1 is 1.60 bits per heavy atom. The molecule has 0 aliphatic rings. The Labute approximate surface area is 101 Å². The van der Waals surface area contributed by atoms with Gasteiger partial charge in [0.1, 0.15) is 6.42 Å². The topological polar surface area (TPSA) is 65.2 Å². The van der Waals surface area contributed by atoms with Gasteiger partial charge in [0.05, 0.1) is 12.3 Å². The van der Waals surface area contributed by atoms with E-state index in [0.717, 1.165) is 9.13 Å². The average Bonchev–Trinajstić information content (AvgIpc) is 2.21. The number of hydrogen-bond donors (Lipinski definition) is 1. The van der Waals surface area contributed by atoms with Crippen LogP contribution in [0.4, 0.5) is 0 Å². The lowest BCUT2D eigenvalue weighted by Crippen LogP contribution is -2.16. The smallest absolute Gasteiger partial charge is 0.254 e. The highest BCUT2D eigenvalue weighted by atomic mass is 127. The molecule has 1 N–H and O–H groups in total. The van der Waals surface area contributed by atoms with Crippen molar-refractivity contribution in [2.45, 2.75) is 6.42 Å². The van der Waals surface area contributed by atoms with E-state index in [1.807, 2.05) is 24.3 Å². The zero-order chi connectivity index (χ0) is 11.1. The summed E-state index contributed by atoms with van der Waals surface area (Å²) >= 11 is 2.18. The molecule has 0 saturated heterocycles. The third-order valence-electron chi connectivity index (χ3n) is 1.54. The molecule has 0 aromatic heterocycles. The third kappa shape index (κ3) is 4.08. The maximum Gasteiger partial charge on any atom is 0.254 e. The van der Waals surface area contributed by atoms with Gasteiger partial charge in [0.2, 0.25) is 0 Å². The van der Waals surface area contributed by atoms with Crippen LogP contribution in [0.3, 0.4) is 0 Å². The minimum Gasteiger partial charge on any atom is -0.272 e. The van der Waals surface area contributed by atoms with Crippen LogP contribution in [0, 0.1) is 14.9 Å². The van der Waals surface area contributed by atoms with E-state index in [-0.39, 0.29) is 6.42 Å². The lowest BCUT2D eigenvalue weighted by molar-refractivity contribution is -0.120. The van der Waals surface area contributed by atoms with Crippen molar-refractivity contribution in [2.75, 3.05) is 0 Å². The van der Waals surface area contributed by atoms with Gasteiger partial charge in [0.25, 0.3) is 5.91 Å². The highest BCUT2D eigenvalue weighted by Crippen LogP contribution is 2.08. The Morgan fingerprint density at radius 3 is 3.00 bits per heavy atom. The van der Waals surface area contributed by atoms with Gasteiger partial charge in [-0.25, -0.2) is 5.43 Å². The van der Waals surface area contributed by atoms with Crippen LogP contribution in [0.15, 0.2) is 29.4 Å². The third-order valence-corrected chi connectivity index (χ3v) is 2.52. The summed E-state index contributed by atoms with van der Waals surface area (Å²) in [6.07, 6.45) is 1.38. The molecule has 0 unspecified atom stereocenters. The van der Waals surface area contributed by atoms with Gasteiger partial charge < -0.3 is 0 Å². The van der Waals surface area contributed by atoms with E-state index in [4.69, 9.17) is 5.26 Å². The second kappa shape index (κ2) is 6.14. The summed E-state index contributed by atoms with van der Waals surface area (Å²) in [5.41, 5.74) is 3.19. The molecule has 0 radical (unpaired) electrons. The molecule has 15 heavy (non-hydrogen) atoms. The molecule has 1 aromatic rings. The summed E-state index contributed by atoms with van der Waals surface area (Å²) < 4.78 is 1.05. The number of halogens is 1. The van der Waals surface area contributed by atoms with Crippen molar-refractivity contribution in [3.8, 4) is 6.07 Å². The van der Waals surface area contributed by atoms with Gasteiger partial charge in [-0.2, -0.15) is 10.4 Å². The molecule has 0 atom stereocenters. The molecular weight excluding hydrogens is 305 g/mol. The molecule has 4 nitrogen and oxygen atoms in total. The maximum absolute atomic E-state index is 10.9. The summed E-state index contributed by atoms with van der Waals surface area (Å²) in [7, 11) is 0. The number of carbonyl (C=O) groups is 1. The van der Waals surface area contributed by atoms with Crippen molar-refractivity contribution in [2.24, 2.45) is 5.10 Å². The van der Waals surface area contributed by atoms with Crippen LogP contribution in [-0.2, 0) is 4.79 Å². The largest absolute Gasteiger partial charge is 0.272 e. The molecule has 0 aliphatic carbocycles. The molecule has 0 spiro atoms. The monoisotopic (exact) mass is 313 g/mol. The first-order chi connectivity index (χ1) is 7.24. The van der Waals surface area contributed by atoms with Crippen molar-refractivity contribution in [1.29, 1.82) is 5.26 Å². The fourth-order valence-electron chi connectivity index (χ4n) is 0.865. The molecule has 5 heteroatoms. The Hall–Kier alpha value is -1.42. The predicted octanol–water partition coefficient (Wildman–Crippen LogP) is 1.65. The minimum absolute atomic E-state index is 0.177. The standard InChI is InChI=1S/C10H8IN3O/c11-9-4-2-1-3-8(9)7-13-14-10(15)5-6-12/h1-4,7H,5H2,(H,14,15)/b13-7-. The molecule has 0 heterocycles. The van der Waals surface area contributed by atoms with Crippen LogP contribution >= 0.6 is 22.6 Å². The molecule has 76 valence electrons. The first kappa shape index (κ1) is 11.7. The van der Waals surface area contributed by atoms with Crippen LogP contribution in [0.2, 0.25) is 0 Å². The van der Waals surface area contributed by atoms with Gasteiger partial charge in [-0.3, -0.25) is 4.79 Å². The number of nitriles is 1. The van der Waals surface area contributed by atoms with Crippen LogP contribution in [0.1, 0.15) is 12.0 Å². The van der Waals surface area contributed by atoms with E-state index >= 15 is 0 Å². The molecule has 1 rings (SSSR count).